The Morgan fingerprint density at radius 3 is 2.31 bits per heavy atom. The van der Waals surface area contributed by atoms with Crippen LogP contribution in [0.1, 0.15) is 125 Å². The van der Waals surface area contributed by atoms with E-state index < -0.39 is 37.9 Å². The summed E-state index contributed by atoms with van der Waals surface area (Å²) in [6.45, 7) is 14.5. The van der Waals surface area contributed by atoms with Gasteiger partial charge in [-0.1, -0.05) is 55.2 Å². The number of rotatable bonds is 16. The second-order valence-electron chi connectivity index (χ2n) is 15.0. The Kier molecular flexibility index (Phi) is 13.2. The van der Waals surface area contributed by atoms with Gasteiger partial charge in [0.2, 0.25) is 0 Å². The predicted octanol–water partition coefficient (Wildman–Crippen LogP) is 7.88. The normalized spacial score (nSPS) is 25.6. The fourth-order valence-electron chi connectivity index (χ4n) is 7.63. The molecular weight excluding hydrogens is 657 g/mol. The highest BCUT2D eigenvalue weighted by Gasteiger charge is 2.46. The minimum absolute atomic E-state index is 0.160. The average Bonchev–Trinajstić information content (AvgIpc) is 2.94. The van der Waals surface area contributed by atoms with Gasteiger partial charge in [0.15, 0.2) is 0 Å². The lowest BCUT2D eigenvalue weighted by atomic mass is 9.54. The molecule has 272 valence electrons. The molecule has 0 spiro atoms. The largest absolute Gasteiger partial charge is 0.446 e. The van der Waals surface area contributed by atoms with Crippen molar-refractivity contribution >= 4 is 20.8 Å². The summed E-state index contributed by atoms with van der Waals surface area (Å²) < 4.78 is 74.4. The van der Waals surface area contributed by atoms with E-state index in [1.54, 1.807) is 6.92 Å². The molecule has 0 saturated carbocycles. The topological polar surface area (TPSA) is 168 Å². The van der Waals surface area contributed by atoms with Gasteiger partial charge in [-0.3, -0.25) is 9.11 Å². The molecule has 2 aliphatic carbocycles. The smallest absolute Gasteiger partial charge is 0.390 e. The first kappa shape index (κ1) is 40.2. The van der Waals surface area contributed by atoms with Crippen LogP contribution in [0.25, 0.3) is 0 Å². The van der Waals surface area contributed by atoms with Crippen molar-refractivity contribution in [2.24, 2.45) is 16.7 Å². The van der Waals surface area contributed by atoms with Crippen LogP contribution in [-0.2, 0) is 27.2 Å². The molecule has 48 heavy (non-hydrogen) atoms. The molecule has 0 heterocycles. The van der Waals surface area contributed by atoms with E-state index in [2.05, 4.69) is 57.9 Å². The lowest BCUT2D eigenvalue weighted by molar-refractivity contribution is -0.0733. The first-order valence-electron chi connectivity index (χ1n) is 16.9. The fourth-order valence-corrected chi connectivity index (χ4v) is 8.37. The minimum Gasteiger partial charge on any atom is -0.390 e. The van der Waals surface area contributed by atoms with Crippen LogP contribution in [0.3, 0.4) is 0 Å². The molecule has 3 rings (SSSR count). The van der Waals surface area contributed by atoms with Gasteiger partial charge in [-0.05, 0) is 140 Å². The molecule has 1 aromatic rings. The zero-order chi connectivity index (χ0) is 36.1. The quantitative estimate of drug-likeness (QED) is 0.0978. The van der Waals surface area contributed by atoms with E-state index in [4.69, 9.17) is 4.18 Å². The maximum Gasteiger partial charge on any atom is 0.446 e. The molecule has 0 fully saturated rings. The van der Waals surface area contributed by atoms with E-state index in [0.717, 1.165) is 51.0 Å². The third kappa shape index (κ3) is 11.1. The highest BCUT2D eigenvalue weighted by molar-refractivity contribution is 7.81. The first-order chi connectivity index (χ1) is 22.0. The number of aliphatic hydroxyl groups excluding tert-OH is 1. The molecule has 0 amide bonds. The van der Waals surface area contributed by atoms with E-state index in [1.165, 1.54) is 34.4 Å². The van der Waals surface area contributed by atoms with Crippen molar-refractivity contribution in [2.45, 2.75) is 137 Å². The summed E-state index contributed by atoms with van der Waals surface area (Å²) in [4.78, 5) is 0. The molecule has 10 nitrogen and oxygen atoms in total. The van der Waals surface area contributed by atoms with Crippen LogP contribution in [0.4, 0.5) is 0 Å². The Bertz CT molecular complexity index is 1600. The van der Waals surface area contributed by atoms with Crippen molar-refractivity contribution < 1.29 is 44.5 Å². The van der Waals surface area contributed by atoms with E-state index in [-0.39, 0.29) is 29.3 Å². The van der Waals surface area contributed by atoms with Gasteiger partial charge in [0, 0.05) is 5.56 Å². The van der Waals surface area contributed by atoms with Crippen molar-refractivity contribution in [2.75, 3.05) is 0 Å². The van der Waals surface area contributed by atoms with Crippen LogP contribution in [-0.4, -0.2) is 47.9 Å². The number of allylic oxidation sites excluding steroid dienone is 6. The number of hydrogen-bond acceptors (Lipinski definition) is 8. The zero-order valence-corrected chi connectivity index (χ0v) is 31.2. The predicted molar refractivity (Wildman–Crippen MR) is 188 cm³/mol. The third-order valence-electron chi connectivity index (χ3n) is 10.8. The summed E-state index contributed by atoms with van der Waals surface area (Å²) >= 11 is 0. The summed E-state index contributed by atoms with van der Waals surface area (Å²) in [5.74, 6) is -0.225. The standard InChI is InChI=1S/C36H56O10S2/c1-25(2)11-8-12-26(3)13-9-21-36(7,38)33(37)19-22-34(5)20-10-14-31-30(34)17-15-27(4)35(31,6)24-28-23-29(45-47(39,40)41)16-18-32(28)46-48(42,43)44/h11,13,16,18,23,27,33,37-38H,8-10,12,14-15,17,19-22,24H2,1-7H3,(H,39,40,41)(H,42,43,44)/t27?,33?,34-,35?,36?/m0/s1. The summed E-state index contributed by atoms with van der Waals surface area (Å²) in [6.07, 6.45) is 12.4. The average molecular weight is 713 g/mol. The first-order valence-corrected chi connectivity index (χ1v) is 19.7. The van der Waals surface area contributed by atoms with Gasteiger partial charge >= 0.3 is 20.8 Å². The Morgan fingerprint density at radius 2 is 1.69 bits per heavy atom. The Morgan fingerprint density at radius 1 is 1.02 bits per heavy atom. The van der Waals surface area contributed by atoms with Gasteiger partial charge < -0.3 is 18.6 Å². The van der Waals surface area contributed by atoms with Crippen LogP contribution in [0.15, 0.2) is 52.6 Å². The van der Waals surface area contributed by atoms with Crippen molar-refractivity contribution in [3.05, 3.63) is 58.2 Å². The molecule has 5 atom stereocenters. The Labute approximate surface area is 288 Å². The molecular formula is C36H56O10S2. The molecule has 2 aliphatic rings. The molecule has 12 heteroatoms. The van der Waals surface area contributed by atoms with Crippen molar-refractivity contribution in [3.63, 3.8) is 0 Å². The second kappa shape index (κ2) is 15.8. The van der Waals surface area contributed by atoms with Gasteiger partial charge in [0.1, 0.15) is 11.5 Å². The van der Waals surface area contributed by atoms with Gasteiger partial charge in [0.05, 0.1) is 11.7 Å². The van der Waals surface area contributed by atoms with Gasteiger partial charge in [-0.15, -0.1) is 0 Å². The summed E-state index contributed by atoms with van der Waals surface area (Å²) in [5.41, 5.74) is 3.53. The van der Waals surface area contributed by atoms with E-state index in [9.17, 15) is 36.2 Å². The van der Waals surface area contributed by atoms with E-state index >= 15 is 0 Å². The second-order valence-corrected chi connectivity index (χ2v) is 17.1. The van der Waals surface area contributed by atoms with Crippen molar-refractivity contribution in [1.29, 1.82) is 0 Å². The summed E-state index contributed by atoms with van der Waals surface area (Å²) in [6, 6.07) is 3.63. The van der Waals surface area contributed by atoms with Crippen LogP contribution in [0, 0.1) is 16.7 Å². The lowest BCUT2D eigenvalue weighted by Crippen LogP contribution is -2.42. The molecule has 0 aliphatic heterocycles. The SMILES string of the molecule is CC(C)=CCCC(C)=CCCC(C)(O)C(O)CC[C@]1(C)CCCC2=C1CCC(C)C2(C)Cc1cc(OS(=O)(=O)O)ccc1OS(=O)(=O)O. The van der Waals surface area contributed by atoms with E-state index in [0.29, 0.717) is 31.2 Å². The maximum atomic E-state index is 11.7. The summed E-state index contributed by atoms with van der Waals surface area (Å²) in [7, 11) is -9.71. The molecule has 4 N–H and O–H groups in total. The van der Waals surface area contributed by atoms with Crippen LogP contribution < -0.4 is 8.37 Å². The fraction of sp³-hybridized carbons (Fsp3) is 0.667. The lowest BCUT2D eigenvalue weighted by Gasteiger charge is -2.51. The molecule has 0 bridgehead atoms. The number of hydrogen-bond donors (Lipinski definition) is 4. The number of aliphatic hydroxyl groups is 2. The van der Waals surface area contributed by atoms with Crippen LogP contribution in [0.5, 0.6) is 11.5 Å². The highest BCUT2D eigenvalue weighted by Crippen LogP contribution is 2.58. The Hall–Kier alpha value is -2.22. The van der Waals surface area contributed by atoms with Gasteiger partial charge in [0.25, 0.3) is 0 Å². The monoisotopic (exact) mass is 712 g/mol. The summed E-state index contributed by atoms with van der Waals surface area (Å²) in [5, 5.41) is 22.4. The van der Waals surface area contributed by atoms with Gasteiger partial charge in [-0.25, -0.2) is 0 Å². The number of benzene rings is 1. The minimum atomic E-state index is -4.88. The van der Waals surface area contributed by atoms with Gasteiger partial charge in [-0.2, -0.15) is 16.8 Å². The maximum absolute atomic E-state index is 11.7. The third-order valence-corrected chi connectivity index (χ3v) is 11.6. The highest BCUT2D eigenvalue weighted by atomic mass is 32.3. The molecule has 0 aromatic heterocycles. The molecule has 0 radical (unpaired) electrons. The van der Waals surface area contributed by atoms with Crippen molar-refractivity contribution in [1.82, 2.24) is 0 Å². The zero-order valence-electron chi connectivity index (χ0n) is 29.6. The van der Waals surface area contributed by atoms with Crippen LogP contribution >= 0.6 is 0 Å². The molecule has 4 unspecified atom stereocenters. The molecule has 1 aromatic carbocycles. The Balaban J connectivity index is 1.84. The van der Waals surface area contributed by atoms with Crippen molar-refractivity contribution in [3.8, 4) is 11.5 Å². The molecule has 0 saturated heterocycles. The van der Waals surface area contributed by atoms with Crippen LogP contribution in [0.2, 0.25) is 0 Å². The van der Waals surface area contributed by atoms with E-state index in [1.807, 2.05) is 0 Å².